The van der Waals surface area contributed by atoms with Crippen molar-refractivity contribution in [2.24, 2.45) is 0 Å². The molecule has 2 heterocycles. The molecule has 164 valence electrons. The van der Waals surface area contributed by atoms with Crippen molar-refractivity contribution in [2.45, 2.75) is 17.8 Å². The molecule has 0 aliphatic heterocycles. The zero-order valence-corrected chi connectivity index (χ0v) is 19.0. The maximum Gasteiger partial charge on any atom is 0.337 e. The number of anilines is 1. The molecule has 0 aliphatic carbocycles. The first kappa shape index (κ1) is 21.8. The van der Waals surface area contributed by atoms with Gasteiger partial charge in [0.15, 0.2) is 9.99 Å². The Morgan fingerprint density at radius 1 is 1.16 bits per heavy atom. The summed E-state index contributed by atoms with van der Waals surface area (Å²) in [5, 5.41) is 2.77. The first-order valence-electron chi connectivity index (χ1n) is 9.80. The molecule has 32 heavy (non-hydrogen) atoms. The molecule has 0 atom stereocenters. The molecule has 2 aromatic carbocycles. The number of aromatic nitrogens is 3. The summed E-state index contributed by atoms with van der Waals surface area (Å²) in [6.07, 6.45) is 0. The number of carbonyl (C=O) groups is 1. The number of nitrogens with one attached hydrogen (secondary N) is 1. The SMILES string of the molecule is CCSc1nc2c(s1)c(=O)n(-c1ccccc1)c(=O)n2CC(=O)Nc1cccc(OC)c1. The van der Waals surface area contributed by atoms with Crippen LogP contribution >= 0.6 is 23.1 Å². The molecule has 10 heteroatoms. The number of methoxy groups -OCH3 is 1. The van der Waals surface area contributed by atoms with Gasteiger partial charge in [0.05, 0.1) is 12.8 Å². The molecule has 0 saturated carbocycles. The Balaban J connectivity index is 1.81. The molecule has 1 amide bonds. The highest BCUT2D eigenvalue weighted by Crippen LogP contribution is 2.27. The average molecular weight is 469 g/mol. The summed E-state index contributed by atoms with van der Waals surface area (Å²) in [7, 11) is 1.54. The monoisotopic (exact) mass is 468 g/mol. The Kier molecular flexibility index (Phi) is 6.42. The highest BCUT2D eigenvalue weighted by molar-refractivity contribution is 8.01. The predicted octanol–water partition coefficient (Wildman–Crippen LogP) is 3.37. The van der Waals surface area contributed by atoms with Gasteiger partial charge in [0.25, 0.3) is 5.56 Å². The molecule has 0 aliphatic rings. The number of rotatable bonds is 7. The lowest BCUT2D eigenvalue weighted by Crippen LogP contribution is -2.40. The molecule has 0 unspecified atom stereocenters. The van der Waals surface area contributed by atoms with Gasteiger partial charge in [0.1, 0.15) is 17.0 Å². The summed E-state index contributed by atoms with van der Waals surface area (Å²) < 4.78 is 8.51. The van der Waals surface area contributed by atoms with Crippen LogP contribution in [0.2, 0.25) is 0 Å². The number of thiazole rings is 1. The minimum Gasteiger partial charge on any atom is -0.497 e. The van der Waals surface area contributed by atoms with Crippen molar-refractivity contribution < 1.29 is 9.53 Å². The predicted molar refractivity (Wildman–Crippen MR) is 127 cm³/mol. The van der Waals surface area contributed by atoms with Crippen LogP contribution in [0.4, 0.5) is 5.69 Å². The molecule has 1 N–H and O–H groups in total. The fourth-order valence-corrected chi connectivity index (χ4v) is 5.16. The van der Waals surface area contributed by atoms with Crippen molar-refractivity contribution in [3.05, 3.63) is 75.4 Å². The average Bonchev–Trinajstić information content (AvgIpc) is 3.22. The minimum atomic E-state index is -0.618. The van der Waals surface area contributed by atoms with Crippen LogP contribution in [0.3, 0.4) is 0 Å². The van der Waals surface area contributed by atoms with E-state index in [1.165, 1.54) is 34.8 Å². The van der Waals surface area contributed by atoms with Crippen LogP contribution in [0.25, 0.3) is 16.0 Å². The van der Waals surface area contributed by atoms with E-state index in [1.807, 2.05) is 6.92 Å². The molecule has 0 radical (unpaired) electrons. The maximum absolute atomic E-state index is 13.3. The van der Waals surface area contributed by atoms with Gasteiger partial charge in [-0.15, -0.1) is 11.3 Å². The van der Waals surface area contributed by atoms with Gasteiger partial charge in [-0.3, -0.25) is 14.2 Å². The Labute approximate surface area is 191 Å². The van der Waals surface area contributed by atoms with Gasteiger partial charge in [0.2, 0.25) is 5.91 Å². The van der Waals surface area contributed by atoms with Crippen LogP contribution in [0.5, 0.6) is 5.75 Å². The first-order valence-corrected chi connectivity index (χ1v) is 11.6. The second kappa shape index (κ2) is 9.41. The highest BCUT2D eigenvalue weighted by Gasteiger charge is 2.20. The number of carbonyl (C=O) groups excluding carboxylic acids is 1. The number of para-hydroxylation sites is 1. The zero-order chi connectivity index (χ0) is 22.7. The quantitative estimate of drug-likeness (QED) is 0.418. The van der Waals surface area contributed by atoms with Crippen LogP contribution in [0.15, 0.2) is 68.5 Å². The summed E-state index contributed by atoms with van der Waals surface area (Å²) in [6.45, 7) is 1.69. The second-order valence-corrected chi connectivity index (χ2v) is 9.20. The van der Waals surface area contributed by atoms with Crippen molar-refractivity contribution in [2.75, 3.05) is 18.2 Å². The van der Waals surface area contributed by atoms with E-state index in [-0.39, 0.29) is 12.2 Å². The Hall–Kier alpha value is -3.37. The molecular formula is C22H20N4O4S2. The number of ether oxygens (including phenoxy) is 1. The fraction of sp³-hybridized carbons (Fsp3) is 0.182. The normalized spacial score (nSPS) is 10.9. The molecule has 2 aromatic heterocycles. The van der Waals surface area contributed by atoms with E-state index in [0.717, 1.165) is 10.3 Å². The van der Waals surface area contributed by atoms with Crippen LogP contribution < -0.4 is 21.3 Å². The Bertz CT molecular complexity index is 1390. The van der Waals surface area contributed by atoms with Crippen molar-refractivity contribution >= 4 is 45.0 Å². The molecule has 4 rings (SSSR count). The second-order valence-electron chi connectivity index (χ2n) is 6.69. The molecule has 0 spiro atoms. The van der Waals surface area contributed by atoms with Crippen molar-refractivity contribution in [1.29, 1.82) is 0 Å². The fourth-order valence-electron chi connectivity index (χ4n) is 3.19. The van der Waals surface area contributed by atoms with E-state index in [4.69, 9.17) is 4.74 Å². The van der Waals surface area contributed by atoms with Crippen LogP contribution in [-0.4, -0.2) is 32.9 Å². The van der Waals surface area contributed by atoms with E-state index in [0.29, 0.717) is 26.2 Å². The number of thioether (sulfide) groups is 1. The minimum absolute atomic E-state index is 0.217. The van der Waals surface area contributed by atoms with Gasteiger partial charge >= 0.3 is 5.69 Å². The van der Waals surface area contributed by atoms with Crippen LogP contribution in [-0.2, 0) is 11.3 Å². The molecular weight excluding hydrogens is 448 g/mol. The third-order valence-electron chi connectivity index (χ3n) is 4.60. The molecule has 8 nitrogen and oxygen atoms in total. The van der Waals surface area contributed by atoms with E-state index >= 15 is 0 Å². The Morgan fingerprint density at radius 3 is 2.66 bits per heavy atom. The maximum atomic E-state index is 13.3. The third-order valence-corrected chi connectivity index (χ3v) is 6.66. The highest BCUT2D eigenvalue weighted by atomic mass is 32.2. The van der Waals surface area contributed by atoms with Crippen LogP contribution in [0.1, 0.15) is 6.92 Å². The van der Waals surface area contributed by atoms with E-state index in [2.05, 4.69) is 10.3 Å². The van der Waals surface area contributed by atoms with Gasteiger partial charge in [-0.05, 0) is 30.0 Å². The number of amides is 1. The standard InChI is InChI=1S/C22H20N4O4S2/c1-3-31-21-24-19-18(32-21)20(28)26(15-9-5-4-6-10-15)22(29)25(19)13-17(27)23-14-8-7-11-16(12-14)30-2/h4-12H,3,13H2,1-2H3,(H,23,27). The smallest absolute Gasteiger partial charge is 0.337 e. The number of hydrogen-bond donors (Lipinski definition) is 1. The molecule has 4 aromatic rings. The summed E-state index contributed by atoms with van der Waals surface area (Å²) in [5.74, 6) is 0.950. The van der Waals surface area contributed by atoms with Gasteiger partial charge in [-0.2, -0.15) is 0 Å². The Morgan fingerprint density at radius 2 is 1.94 bits per heavy atom. The largest absolute Gasteiger partial charge is 0.497 e. The lowest BCUT2D eigenvalue weighted by Gasteiger charge is -2.12. The topological polar surface area (TPSA) is 95.2 Å². The molecule has 0 bridgehead atoms. The lowest BCUT2D eigenvalue weighted by molar-refractivity contribution is -0.116. The zero-order valence-electron chi connectivity index (χ0n) is 17.4. The number of fused-ring (bicyclic) bond motifs is 1. The summed E-state index contributed by atoms with van der Waals surface area (Å²) in [6, 6.07) is 15.6. The van der Waals surface area contributed by atoms with Gasteiger partial charge in [0, 0.05) is 11.8 Å². The lowest BCUT2D eigenvalue weighted by atomic mass is 10.3. The van der Waals surface area contributed by atoms with Gasteiger partial charge in [-0.25, -0.2) is 14.3 Å². The summed E-state index contributed by atoms with van der Waals surface area (Å²) >= 11 is 2.71. The van der Waals surface area contributed by atoms with E-state index in [1.54, 1.807) is 54.6 Å². The third kappa shape index (κ3) is 4.32. The van der Waals surface area contributed by atoms with E-state index < -0.39 is 17.2 Å². The van der Waals surface area contributed by atoms with Crippen molar-refractivity contribution in [1.82, 2.24) is 14.1 Å². The van der Waals surface area contributed by atoms with Gasteiger partial charge in [-0.1, -0.05) is 43.0 Å². The number of nitrogens with zero attached hydrogens (tertiary/aromatic N) is 3. The molecule has 0 fully saturated rings. The van der Waals surface area contributed by atoms with Gasteiger partial charge < -0.3 is 10.1 Å². The van der Waals surface area contributed by atoms with Crippen molar-refractivity contribution in [3.63, 3.8) is 0 Å². The van der Waals surface area contributed by atoms with Crippen LogP contribution in [0, 0.1) is 0 Å². The molecule has 0 saturated heterocycles. The number of hydrogen-bond acceptors (Lipinski definition) is 7. The first-order chi connectivity index (χ1) is 15.5. The number of benzene rings is 2. The van der Waals surface area contributed by atoms with Crippen molar-refractivity contribution in [3.8, 4) is 11.4 Å². The summed E-state index contributed by atoms with van der Waals surface area (Å²) in [4.78, 5) is 43.8. The summed E-state index contributed by atoms with van der Waals surface area (Å²) in [5.41, 5.74) is 0.128. The van der Waals surface area contributed by atoms with E-state index in [9.17, 15) is 14.4 Å².